The number of fused-ring (bicyclic) bond motifs is 1. The minimum atomic E-state index is -3.94. The Morgan fingerprint density at radius 1 is 1.09 bits per heavy atom. The van der Waals surface area contributed by atoms with Crippen LogP contribution in [0.2, 0.25) is 0 Å². The van der Waals surface area contributed by atoms with Crippen LogP contribution in [0.4, 0.5) is 5.69 Å². The van der Waals surface area contributed by atoms with Gasteiger partial charge >= 0.3 is 0 Å². The Morgan fingerprint density at radius 3 is 2.56 bits per heavy atom. The fourth-order valence-corrected chi connectivity index (χ4v) is 5.44. The van der Waals surface area contributed by atoms with Crippen LogP contribution in [-0.2, 0) is 21.2 Å². The summed E-state index contributed by atoms with van der Waals surface area (Å²) >= 11 is 0. The Balaban J connectivity index is 1.55. The average Bonchev–Trinajstić information content (AvgIpc) is 2.85. The third-order valence-corrected chi connectivity index (χ3v) is 7.39. The second-order valence-electron chi connectivity index (χ2n) is 8.00. The SMILES string of the molecule is CCOc1ccc(S(=O)(=O)N2CC(C(=O)NCCc3ccccc3)Oc3ccccc32)cc1C. The summed E-state index contributed by atoms with van der Waals surface area (Å²) in [6, 6.07) is 21.4. The van der Waals surface area contributed by atoms with Crippen molar-refractivity contribution in [2.75, 3.05) is 24.0 Å². The van der Waals surface area contributed by atoms with Crippen LogP contribution in [0.5, 0.6) is 11.5 Å². The van der Waals surface area contributed by atoms with Gasteiger partial charge in [-0.15, -0.1) is 0 Å². The number of carbonyl (C=O) groups is 1. The highest BCUT2D eigenvalue weighted by molar-refractivity contribution is 7.92. The van der Waals surface area contributed by atoms with Crippen molar-refractivity contribution < 1.29 is 22.7 Å². The summed E-state index contributed by atoms with van der Waals surface area (Å²) in [6.07, 6.45) is -0.298. The average molecular weight is 481 g/mol. The van der Waals surface area contributed by atoms with Crippen LogP contribution < -0.4 is 19.1 Å². The topological polar surface area (TPSA) is 84.9 Å². The first-order valence-electron chi connectivity index (χ1n) is 11.2. The van der Waals surface area contributed by atoms with Gasteiger partial charge in [0.2, 0.25) is 0 Å². The normalized spacial score (nSPS) is 15.2. The van der Waals surface area contributed by atoms with Crippen molar-refractivity contribution >= 4 is 21.6 Å². The molecule has 7 nitrogen and oxygen atoms in total. The molecule has 3 aromatic rings. The summed E-state index contributed by atoms with van der Waals surface area (Å²) in [4.78, 5) is 13.0. The van der Waals surface area contributed by atoms with Gasteiger partial charge in [0.05, 0.1) is 23.7 Å². The summed E-state index contributed by atoms with van der Waals surface area (Å²) < 4.78 is 40.0. The summed E-state index contributed by atoms with van der Waals surface area (Å²) in [5.41, 5.74) is 2.23. The van der Waals surface area contributed by atoms with E-state index in [1.165, 1.54) is 10.4 Å². The molecule has 1 atom stereocenters. The van der Waals surface area contributed by atoms with E-state index in [9.17, 15) is 13.2 Å². The largest absolute Gasteiger partial charge is 0.494 e. The van der Waals surface area contributed by atoms with Crippen LogP contribution >= 0.6 is 0 Å². The van der Waals surface area contributed by atoms with Crippen molar-refractivity contribution in [2.24, 2.45) is 0 Å². The van der Waals surface area contributed by atoms with E-state index in [-0.39, 0.29) is 17.3 Å². The predicted molar refractivity (Wildman–Crippen MR) is 131 cm³/mol. The lowest BCUT2D eigenvalue weighted by atomic mass is 10.1. The number of hydrogen-bond donors (Lipinski definition) is 1. The fraction of sp³-hybridized carbons (Fsp3) is 0.269. The van der Waals surface area contributed by atoms with Gasteiger partial charge < -0.3 is 14.8 Å². The number of sulfonamides is 1. The van der Waals surface area contributed by atoms with Crippen molar-refractivity contribution in [1.82, 2.24) is 5.32 Å². The highest BCUT2D eigenvalue weighted by atomic mass is 32.2. The van der Waals surface area contributed by atoms with E-state index >= 15 is 0 Å². The molecule has 3 aromatic carbocycles. The lowest BCUT2D eigenvalue weighted by Crippen LogP contribution is -2.51. The minimum Gasteiger partial charge on any atom is -0.494 e. The first-order valence-corrected chi connectivity index (χ1v) is 12.7. The van der Waals surface area contributed by atoms with Crippen molar-refractivity contribution in [2.45, 2.75) is 31.3 Å². The van der Waals surface area contributed by atoms with Crippen LogP contribution in [0, 0.1) is 6.92 Å². The highest BCUT2D eigenvalue weighted by Gasteiger charge is 2.37. The van der Waals surface area contributed by atoms with Crippen LogP contribution in [-0.4, -0.2) is 40.1 Å². The standard InChI is InChI=1S/C26H28N2O5S/c1-3-32-23-14-13-21(17-19(23)2)34(30,31)28-18-25(33-24-12-8-7-11-22(24)28)26(29)27-16-15-20-9-5-4-6-10-20/h4-14,17,25H,3,15-16,18H2,1-2H3,(H,27,29). The van der Waals surface area contributed by atoms with Crippen LogP contribution in [0.15, 0.2) is 77.7 Å². The molecule has 0 aliphatic carbocycles. The maximum absolute atomic E-state index is 13.6. The molecule has 34 heavy (non-hydrogen) atoms. The Hall–Kier alpha value is -3.52. The van der Waals surface area contributed by atoms with Gasteiger partial charge in [0.15, 0.2) is 6.10 Å². The molecule has 0 fully saturated rings. The molecule has 0 saturated carbocycles. The number of para-hydroxylation sites is 2. The second kappa shape index (κ2) is 10.2. The van der Waals surface area contributed by atoms with Gasteiger partial charge in [-0.3, -0.25) is 9.10 Å². The van der Waals surface area contributed by atoms with E-state index in [1.54, 1.807) is 43.3 Å². The van der Waals surface area contributed by atoms with E-state index < -0.39 is 16.1 Å². The molecule has 1 heterocycles. The summed E-state index contributed by atoms with van der Waals surface area (Å²) in [5.74, 6) is 0.635. The maximum atomic E-state index is 13.6. The van der Waals surface area contributed by atoms with Gasteiger partial charge in [-0.05, 0) is 61.7 Å². The van der Waals surface area contributed by atoms with E-state index in [1.807, 2.05) is 37.3 Å². The number of nitrogens with one attached hydrogen (secondary N) is 1. The molecule has 8 heteroatoms. The predicted octanol–water partition coefficient (Wildman–Crippen LogP) is 3.71. The molecule has 1 aliphatic heterocycles. The summed E-state index contributed by atoms with van der Waals surface area (Å²) in [6.45, 7) is 4.48. The van der Waals surface area contributed by atoms with Gasteiger partial charge in [-0.1, -0.05) is 42.5 Å². The number of aryl methyl sites for hydroxylation is 1. The Morgan fingerprint density at radius 2 is 1.82 bits per heavy atom. The van der Waals surface area contributed by atoms with Gasteiger partial charge in [0, 0.05) is 6.54 Å². The molecule has 4 rings (SSSR count). The summed E-state index contributed by atoms with van der Waals surface area (Å²) in [7, 11) is -3.94. The number of carbonyl (C=O) groups excluding carboxylic acids is 1. The van der Waals surface area contributed by atoms with Gasteiger partial charge in [-0.25, -0.2) is 8.42 Å². The molecule has 1 N–H and O–H groups in total. The lowest BCUT2D eigenvalue weighted by molar-refractivity contribution is -0.127. The molecule has 0 bridgehead atoms. The molecule has 1 amide bonds. The third kappa shape index (κ3) is 5.02. The van der Waals surface area contributed by atoms with E-state index in [0.717, 1.165) is 11.1 Å². The molecule has 178 valence electrons. The maximum Gasteiger partial charge on any atom is 0.264 e. The number of hydrogen-bond acceptors (Lipinski definition) is 5. The summed E-state index contributed by atoms with van der Waals surface area (Å²) in [5, 5.41) is 2.87. The van der Waals surface area contributed by atoms with Gasteiger partial charge in [0.25, 0.3) is 15.9 Å². The van der Waals surface area contributed by atoms with Gasteiger partial charge in [-0.2, -0.15) is 0 Å². The Labute approximate surface area is 200 Å². The van der Waals surface area contributed by atoms with Crippen molar-refractivity contribution in [3.05, 3.63) is 83.9 Å². The third-order valence-electron chi connectivity index (χ3n) is 5.62. The quantitative estimate of drug-likeness (QED) is 0.531. The van der Waals surface area contributed by atoms with Crippen molar-refractivity contribution in [3.63, 3.8) is 0 Å². The molecular weight excluding hydrogens is 452 g/mol. The highest BCUT2D eigenvalue weighted by Crippen LogP contribution is 2.37. The lowest BCUT2D eigenvalue weighted by Gasteiger charge is -2.34. The Kier molecular flexibility index (Phi) is 7.07. The second-order valence-corrected chi connectivity index (χ2v) is 9.86. The molecule has 0 aromatic heterocycles. The number of rotatable bonds is 8. The molecule has 1 aliphatic rings. The number of ether oxygens (including phenoxy) is 2. The smallest absolute Gasteiger partial charge is 0.264 e. The van der Waals surface area contributed by atoms with E-state index in [2.05, 4.69) is 5.32 Å². The number of anilines is 1. The van der Waals surface area contributed by atoms with Crippen LogP contribution in [0.25, 0.3) is 0 Å². The van der Waals surface area contributed by atoms with E-state index in [4.69, 9.17) is 9.47 Å². The molecule has 0 saturated heterocycles. The number of benzene rings is 3. The number of nitrogens with zero attached hydrogens (tertiary/aromatic N) is 1. The number of amides is 1. The molecule has 1 unspecified atom stereocenters. The van der Waals surface area contributed by atoms with E-state index in [0.29, 0.717) is 36.8 Å². The zero-order valence-electron chi connectivity index (χ0n) is 19.2. The van der Waals surface area contributed by atoms with Crippen molar-refractivity contribution in [1.29, 1.82) is 0 Å². The van der Waals surface area contributed by atoms with Crippen molar-refractivity contribution in [3.8, 4) is 11.5 Å². The molecule has 0 radical (unpaired) electrons. The molecular formula is C26H28N2O5S. The van der Waals surface area contributed by atoms with Crippen LogP contribution in [0.1, 0.15) is 18.1 Å². The zero-order valence-corrected chi connectivity index (χ0v) is 20.0. The van der Waals surface area contributed by atoms with Crippen LogP contribution in [0.3, 0.4) is 0 Å². The van der Waals surface area contributed by atoms with Gasteiger partial charge in [0.1, 0.15) is 11.5 Å². The molecule has 0 spiro atoms. The first kappa shape index (κ1) is 23.6. The Bertz CT molecular complexity index is 1260. The monoisotopic (exact) mass is 480 g/mol. The minimum absolute atomic E-state index is 0.122. The first-order chi connectivity index (χ1) is 16.4. The fourth-order valence-electron chi connectivity index (χ4n) is 3.88. The zero-order chi connectivity index (χ0) is 24.1.